The number of carbonyl (C=O) groups excluding carboxylic acids is 1. The molecule has 1 aliphatic rings. The van der Waals surface area contributed by atoms with E-state index < -0.39 is 0 Å². The zero-order valence-electron chi connectivity index (χ0n) is 15.5. The maximum Gasteiger partial charge on any atom is 0.191 e. The van der Waals surface area contributed by atoms with E-state index >= 15 is 0 Å². The summed E-state index contributed by atoms with van der Waals surface area (Å²) in [5, 5.41) is 1.91. The number of hydrogen-bond donors (Lipinski definition) is 0. The summed E-state index contributed by atoms with van der Waals surface area (Å²) < 4.78 is 8.08. The maximum atomic E-state index is 12.6. The van der Waals surface area contributed by atoms with Crippen molar-refractivity contribution in [3.8, 4) is 0 Å². The Morgan fingerprint density at radius 2 is 2.08 bits per heavy atom. The number of rotatable bonds is 6. The van der Waals surface area contributed by atoms with Crippen molar-refractivity contribution in [2.75, 3.05) is 0 Å². The molecule has 3 rings (SSSR count). The highest BCUT2D eigenvalue weighted by Crippen LogP contribution is 2.29. The van der Waals surface area contributed by atoms with Gasteiger partial charge in [0.05, 0.1) is 0 Å². The number of hydrogen-bond acceptors (Lipinski definition) is 3. The van der Waals surface area contributed by atoms with E-state index in [1.807, 2.05) is 60.3 Å². The van der Waals surface area contributed by atoms with Crippen LogP contribution in [0.5, 0.6) is 0 Å². The minimum absolute atomic E-state index is 0.0537. The van der Waals surface area contributed by atoms with Gasteiger partial charge in [0.2, 0.25) is 0 Å². The van der Waals surface area contributed by atoms with Crippen LogP contribution in [-0.4, -0.2) is 22.7 Å². The second-order valence-electron chi connectivity index (χ2n) is 6.66. The van der Waals surface area contributed by atoms with Crippen molar-refractivity contribution in [3.63, 3.8) is 0 Å². The molecule has 2 aromatic rings. The van der Waals surface area contributed by atoms with E-state index in [4.69, 9.17) is 4.74 Å². The fraction of sp³-hybridized carbons (Fsp3) is 0.364. The molecule has 1 saturated heterocycles. The average Bonchev–Trinajstić information content (AvgIpc) is 3.28. The normalized spacial score (nSPS) is 21.3. The molecule has 2 atom stereocenters. The van der Waals surface area contributed by atoms with Crippen LogP contribution < -0.4 is 10.6 Å². The molecular formula is C22H26N2O2. The van der Waals surface area contributed by atoms with Crippen LogP contribution in [0.2, 0.25) is 0 Å². The highest BCUT2D eigenvalue weighted by Gasteiger charge is 2.32. The monoisotopic (exact) mass is 350 g/mol. The van der Waals surface area contributed by atoms with E-state index in [1.54, 1.807) is 0 Å². The zero-order valence-corrected chi connectivity index (χ0v) is 15.5. The molecule has 0 aliphatic carbocycles. The molecule has 1 aromatic heterocycles. The largest absolute Gasteiger partial charge is 0.347 e. The fourth-order valence-electron chi connectivity index (χ4n) is 3.28. The molecule has 2 unspecified atom stereocenters. The van der Waals surface area contributed by atoms with Gasteiger partial charge in [-0.25, -0.2) is 0 Å². The summed E-state index contributed by atoms with van der Waals surface area (Å²) in [6, 6.07) is 11.4. The first-order valence-corrected chi connectivity index (χ1v) is 9.25. The summed E-state index contributed by atoms with van der Waals surface area (Å²) in [6.45, 7) is 8.34. The van der Waals surface area contributed by atoms with Crippen molar-refractivity contribution >= 4 is 24.3 Å². The molecule has 0 radical (unpaired) electrons. The highest BCUT2D eigenvalue weighted by atomic mass is 16.5. The number of carbonyl (C=O) groups is 1. The molecule has 0 bridgehead atoms. The van der Waals surface area contributed by atoms with Crippen molar-refractivity contribution in [2.24, 2.45) is 4.99 Å². The van der Waals surface area contributed by atoms with Crippen LogP contribution in [0.25, 0.3) is 12.3 Å². The van der Waals surface area contributed by atoms with Gasteiger partial charge >= 0.3 is 0 Å². The lowest BCUT2D eigenvalue weighted by molar-refractivity contribution is 0.00617. The average molecular weight is 350 g/mol. The lowest BCUT2D eigenvalue weighted by Crippen LogP contribution is -2.31. The SMILES string of the molecule is C=c1/c(=C(/C)N=CCCC)ccn1C1CCC(C(=O)c2ccccc2)O1. The standard InChI is InChI=1S/C22H26N2O2/c1-4-5-14-23-16(2)19-13-15-24(17(19)3)21-12-11-20(26-21)22(25)18-9-7-6-8-10-18/h6-10,13-15,20-21H,3-5,11-12H2,1-2H3/b19-16-,23-14?. The smallest absolute Gasteiger partial charge is 0.191 e. The molecule has 0 spiro atoms. The molecule has 0 N–H and O–H groups in total. The third-order valence-corrected chi connectivity index (χ3v) is 4.78. The molecule has 4 nitrogen and oxygen atoms in total. The van der Waals surface area contributed by atoms with E-state index in [9.17, 15) is 4.79 Å². The number of Topliss-reactive ketones (excluding diaryl/α,β-unsaturated/α-hetero) is 1. The van der Waals surface area contributed by atoms with Crippen molar-refractivity contribution in [1.29, 1.82) is 0 Å². The molecule has 136 valence electrons. The van der Waals surface area contributed by atoms with Crippen LogP contribution in [-0.2, 0) is 4.74 Å². The number of unbranched alkanes of at least 4 members (excludes halogenated alkanes) is 1. The molecular weight excluding hydrogens is 324 g/mol. The van der Waals surface area contributed by atoms with Crippen LogP contribution >= 0.6 is 0 Å². The van der Waals surface area contributed by atoms with Gasteiger partial charge < -0.3 is 9.30 Å². The molecule has 1 aromatic carbocycles. The van der Waals surface area contributed by atoms with E-state index in [1.165, 1.54) is 0 Å². The van der Waals surface area contributed by atoms with Gasteiger partial charge in [0.1, 0.15) is 12.3 Å². The van der Waals surface area contributed by atoms with E-state index in [0.717, 1.165) is 41.9 Å². The Bertz CT molecular complexity index is 896. The number of ether oxygens (including phenoxy) is 1. The summed E-state index contributed by atoms with van der Waals surface area (Å²) in [5.41, 5.74) is 1.66. The minimum Gasteiger partial charge on any atom is -0.347 e. The Kier molecular flexibility index (Phi) is 5.84. The van der Waals surface area contributed by atoms with Crippen LogP contribution in [0, 0.1) is 0 Å². The van der Waals surface area contributed by atoms with E-state index in [2.05, 4.69) is 18.5 Å². The number of ketones is 1. The Balaban J connectivity index is 1.77. The molecule has 1 aliphatic heterocycles. The van der Waals surface area contributed by atoms with Gasteiger partial charge in [-0.15, -0.1) is 0 Å². The van der Waals surface area contributed by atoms with Crippen molar-refractivity contribution in [2.45, 2.75) is 51.9 Å². The van der Waals surface area contributed by atoms with Crippen LogP contribution in [0.3, 0.4) is 0 Å². The third-order valence-electron chi connectivity index (χ3n) is 4.78. The van der Waals surface area contributed by atoms with Crippen LogP contribution in [0.15, 0.2) is 47.6 Å². The molecule has 0 amide bonds. The van der Waals surface area contributed by atoms with Crippen molar-refractivity contribution in [3.05, 3.63) is 58.7 Å². The Morgan fingerprint density at radius 1 is 1.31 bits per heavy atom. The van der Waals surface area contributed by atoms with Crippen molar-refractivity contribution < 1.29 is 9.53 Å². The Hall–Kier alpha value is -2.46. The van der Waals surface area contributed by atoms with Gasteiger partial charge in [0.25, 0.3) is 0 Å². The lowest BCUT2D eigenvalue weighted by atomic mass is 10.0. The first kappa shape index (κ1) is 18.3. The Morgan fingerprint density at radius 3 is 2.81 bits per heavy atom. The zero-order chi connectivity index (χ0) is 18.5. The first-order valence-electron chi connectivity index (χ1n) is 9.25. The van der Waals surface area contributed by atoms with Gasteiger partial charge in [-0.3, -0.25) is 9.79 Å². The fourth-order valence-corrected chi connectivity index (χ4v) is 3.28. The molecule has 2 heterocycles. The Labute approximate surface area is 154 Å². The molecule has 0 saturated carbocycles. The van der Waals surface area contributed by atoms with Gasteiger partial charge in [-0.2, -0.15) is 0 Å². The van der Waals surface area contributed by atoms with Crippen molar-refractivity contribution in [1.82, 2.24) is 4.57 Å². The maximum absolute atomic E-state index is 12.6. The first-order chi connectivity index (χ1) is 12.6. The van der Waals surface area contributed by atoms with Gasteiger partial charge in [0, 0.05) is 34.2 Å². The van der Waals surface area contributed by atoms with Crippen LogP contribution in [0.1, 0.15) is 56.1 Å². The number of benzene rings is 1. The molecule has 26 heavy (non-hydrogen) atoms. The van der Waals surface area contributed by atoms with Gasteiger partial charge in [-0.1, -0.05) is 50.3 Å². The van der Waals surface area contributed by atoms with E-state index in [0.29, 0.717) is 5.56 Å². The molecule has 4 heteroatoms. The van der Waals surface area contributed by atoms with Gasteiger partial charge in [0.15, 0.2) is 5.78 Å². The lowest BCUT2D eigenvalue weighted by Gasteiger charge is -2.15. The molecule has 1 fully saturated rings. The number of aliphatic imine (C=N–C) groups is 1. The highest BCUT2D eigenvalue weighted by molar-refractivity contribution is 5.99. The predicted molar refractivity (Wildman–Crippen MR) is 106 cm³/mol. The third kappa shape index (κ3) is 3.86. The summed E-state index contributed by atoms with van der Waals surface area (Å²) in [5.74, 6) is 0.0537. The second kappa shape index (κ2) is 8.28. The minimum atomic E-state index is -0.389. The van der Waals surface area contributed by atoms with Gasteiger partial charge in [-0.05, 0) is 32.3 Å². The van der Waals surface area contributed by atoms with E-state index in [-0.39, 0.29) is 18.1 Å². The quantitative estimate of drug-likeness (QED) is 0.591. The van der Waals surface area contributed by atoms with Crippen LogP contribution in [0.4, 0.5) is 0 Å². The summed E-state index contributed by atoms with van der Waals surface area (Å²) >= 11 is 0. The topological polar surface area (TPSA) is 43.6 Å². The summed E-state index contributed by atoms with van der Waals surface area (Å²) in [7, 11) is 0. The predicted octanol–water partition coefficient (Wildman–Crippen LogP) is 3.46. The number of nitrogens with zero attached hydrogens (tertiary/aromatic N) is 2. The number of aromatic nitrogens is 1. The summed E-state index contributed by atoms with van der Waals surface area (Å²) in [6.07, 6.45) is 6.98. The summed E-state index contributed by atoms with van der Waals surface area (Å²) in [4.78, 5) is 17.1. The second-order valence-corrected chi connectivity index (χ2v) is 6.66.